The number of carbonyl (C=O) groups is 2. The molecule has 0 atom stereocenters. The van der Waals surface area contributed by atoms with Gasteiger partial charge < -0.3 is 15.5 Å². The maximum absolute atomic E-state index is 12.5. The van der Waals surface area contributed by atoms with Gasteiger partial charge in [0.25, 0.3) is 5.91 Å². The van der Waals surface area contributed by atoms with Gasteiger partial charge in [-0.05, 0) is 36.6 Å². The van der Waals surface area contributed by atoms with E-state index in [1.807, 2.05) is 0 Å². The molecule has 2 amide bonds. The van der Waals surface area contributed by atoms with Crippen LogP contribution in [-0.4, -0.2) is 34.9 Å². The lowest BCUT2D eigenvalue weighted by Crippen LogP contribution is -2.22. The number of aromatic nitrogens is 2. The molecule has 0 unspecified atom stereocenters. The van der Waals surface area contributed by atoms with Crippen LogP contribution in [0, 0.1) is 0 Å². The highest BCUT2D eigenvalue weighted by atomic mass is 16.2. The van der Waals surface area contributed by atoms with E-state index in [1.54, 1.807) is 30.5 Å². The van der Waals surface area contributed by atoms with E-state index in [0.717, 1.165) is 37.3 Å². The molecule has 1 aromatic carbocycles. The average Bonchev–Trinajstić information content (AvgIpc) is 3.21. The quantitative estimate of drug-likeness (QED) is 0.779. The fraction of sp³-hybridized carbons (Fsp3) is 0.263. The third kappa shape index (κ3) is 4.24. The highest BCUT2D eigenvalue weighted by Gasteiger charge is 2.18. The van der Waals surface area contributed by atoms with Crippen LogP contribution in [0.2, 0.25) is 0 Å². The van der Waals surface area contributed by atoms with Crippen molar-refractivity contribution in [1.29, 1.82) is 0 Å². The Morgan fingerprint density at radius 1 is 1.19 bits per heavy atom. The first-order chi connectivity index (χ1) is 12.7. The molecule has 7 heteroatoms. The summed E-state index contributed by atoms with van der Waals surface area (Å²) in [4.78, 5) is 34.2. The first kappa shape index (κ1) is 17.6. The summed E-state index contributed by atoms with van der Waals surface area (Å²) in [5.41, 5.74) is 2.04. The minimum atomic E-state index is -0.231. The summed E-state index contributed by atoms with van der Waals surface area (Å²) in [6.45, 7) is 5.67. The van der Waals surface area contributed by atoms with E-state index in [2.05, 4.69) is 32.1 Å². The molecular weight excluding hydrogens is 330 g/mol. The Labute approximate surface area is 152 Å². The summed E-state index contributed by atoms with van der Waals surface area (Å²) in [7, 11) is 0. The van der Waals surface area contributed by atoms with Crippen LogP contribution < -0.4 is 15.5 Å². The third-order valence-corrected chi connectivity index (χ3v) is 4.21. The second-order valence-electron chi connectivity index (χ2n) is 6.03. The molecule has 1 aromatic heterocycles. The lowest BCUT2D eigenvalue weighted by Gasteiger charge is -2.19. The lowest BCUT2D eigenvalue weighted by molar-refractivity contribution is -0.116. The zero-order chi connectivity index (χ0) is 18.4. The Morgan fingerprint density at radius 3 is 2.62 bits per heavy atom. The van der Waals surface area contributed by atoms with Gasteiger partial charge in [0.05, 0.1) is 6.20 Å². The maximum atomic E-state index is 12.5. The first-order valence-electron chi connectivity index (χ1n) is 8.53. The van der Waals surface area contributed by atoms with Crippen molar-refractivity contribution in [3.05, 3.63) is 60.6 Å². The number of amides is 2. The Morgan fingerprint density at radius 2 is 1.92 bits per heavy atom. The number of carbonyl (C=O) groups excluding carboxylic acids is 2. The number of hydrogen-bond donors (Lipinski definition) is 2. The molecule has 0 bridgehead atoms. The van der Waals surface area contributed by atoms with Gasteiger partial charge in [0.15, 0.2) is 5.82 Å². The summed E-state index contributed by atoms with van der Waals surface area (Å²) in [5, 5.41) is 5.59. The molecule has 1 fully saturated rings. The lowest BCUT2D eigenvalue weighted by atomic mass is 10.1. The van der Waals surface area contributed by atoms with Gasteiger partial charge in [0, 0.05) is 25.2 Å². The fourth-order valence-corrected chi connectivity index (χ4v) is 2.82. The summed E-state index contributed by atoms with van der Waals surface area (Å²) in [5.74, 6) is 0.307. The molecule has 0 radical (unpaired) electrons. The predicted octanol–water partition coefficient (Wildman–Crippen LogP) is 2.13. The van der Waals surface area contributed by atoms with Gasteiger partial charge in [-0.2, -0.15) is 0 Å². The Bertz CT molecular complexity index is 798. The zero-order valence-electron chi connectivity index (χ0n) is 14.4. The summed E-state index contributed by atoms with van der Waals surface area (Å²) >= 11 is 0. The van der Waals surface area contributed by atoms with Crippen molar-refractivity contribution in [3.63, 3.8) is 0 Å². The molecule has 2 heterocycles. The van der Waals surface area contributed by atoms with Crippen molar-refractivity contribution >= 4 is 23.3 Å². The molecule has 0 saturated carbocycles. The first-order valence-corrected chi connectivity index (χ1v) is 8.53. The van der Waals surface area contributed by atoms with Crippen molar-refractivity contribution in [3.8, 4) is 0 Å². The van der Waals surface area contributed by atoms with Gasteiger partial charge in [0.1, 0.15) is 12.0 Å². The molecule has 7 nitrogen and oxygen atoms in total. The van der Waals surface area contributed by atoms with E-state index in [1.165, 1.54) is 12.4 Å². The Hall–Kier alpha value is -3.22. The topological polar surface area (TPSA) is 87.2 Å². The second-order valence-corrected chi connectivity index (χ2v) is 6.03. The van der Waals surface area contributed by atoms with Gasteiger partial charge in [-0.15, -0.1) is 0 Å². The van der Waals surface area contributed by atoms with Crippen LogP contribution in [0.5, 0.6) is 0 Å². The van der Waals surface area contributed by atoms with Crippen LogP contribution in [0.3, 0.4) is 0 Å². The van der Waals surface area contributed by atoms with E-state index in [-0.39, 0.29) is 11.8 Å². The van der Waals surface area contributed by atoms with Gasteiger partial charge in [-0.3, -0.25) is 9.59 Å². The molecule has 3 rings (SSSR count). The van der Waals surface area contributed by atoms with E-state index >= 15 is 0 Å². The minimum absolute atomic E-state index is 0.220. The van der Waals surface area contributed by atoms with E-state index in [0.29, 0.717) is 17.8 Å². The molecule has 0 aliphatic carbocycles. The second kappa shape index (κ2) is 8.24. The highest BCUT2D eigenvalue weighted by molar-refractivity contribution is 6.05. The van der Waals surface area contributed by atoms with Crippen LogP contribution in [0.15, 0.2) is 49.4 Å². The molecular formula is C19H21N5O2. The fourth-order valence-electron chi connectivity index (χ4n) is 2.82. The van der Waals surface area contributed by atoms with E-state index in [9.17, 15) is 9.59 Å². The van der Waals surface area contributed by atoms with Crippen molar-refractivity contribution in [2.45, 2.75) is 19.4 Å². The van der Waals surface area contributed by atoms with Gasteiger partial charge in [-0.1, -0.05) is 18.7 Å². The number of anilines is 2. The van der Waals surface area contributed by atoms with Gasteiger partial charge >= 0.3 is 0 Å². The highest BCUT2D eigenvalue weighted by Crippen LogP contribution is 2.25. The summed E-state index contributed by atoms with van der Waals surface area (Å²) in [6.07, 6.45) is 6.59. The molecule has 134 valence electrons. The zero-order valence-corrected chi connectivity index (χ0v) is 14.4. The predicted molar refractivity (Wildman–Crippen MR) is 99.9 cm³/mol. The Balaban J connectivity index is 1.67. The van der Waals surface area contributed by atoms with Crippen LogP contribution in [0.4, 0.5) is 11.5 Å². The van der Waals surface area contributed by atoms with E-state index in [4.69, 9.17) is 0 Å². The van der Waals surface area contributed by atoms with Crippen LogP contribution in [0.25, 0.3) is 0 Å². The van der Waals surface area contributed by atoms with E-state index < -0.39 is 0 Å². The normalized spacial score (nSPS) is 13.3. The molecule has 1 aliphatic rings. The van der Waals surface area contributed by atoms with Gasteiger partial charge in [-0.25, -0.2) is 9.97 Å². The Kier molecular flexibility index (Phi) is 5.58. The number of hydrogen-bond acceptors (Lipinski definition) is 5. The molecule has 2 aromatic rings. The number of nitrogens with zero attached hydrogens (tertiary/aromatic N) is 3. The van der Waals surface area contributed by atoms with Gasteiger partial charge in [0.2, 0.25) is 5.91 Å². The molecule has 1 saturated heterocycles. The summed E-state index contributed by atoms with van der Waals surface area (Å²) < 4.78 is 0. The third-order valence-electron chi connectivity index (χ3n) is 4.21. The standard InChI is InChI=1S/C19H21N5O2/c1-2-17(25)21-11-14-5-7-15(8-6-14)19(26)23-16-12-20-13-22-18(16)24-9-3-4-10-24/h2,5-8,12-13H,1,3-4,9-11H2,(H,21,25)(H,23,26). The number of benzene rings is 1. The van der Waals surface area contributed by atoms with Crippen LogP contribution in [0.1, 0.15) is 28.8 Å². The van der Waals surface area contributed by atoms with Crippen LogP contribution in [-0.2, 0) is 11.3 Å². The minimum Gasteiger partial charge on any atom is -0.355 e. The number of nitrogens with one attached hydrogen (secondary N) is 2. The summed E-state index contributed by atoms with van der Waals surface area (Å²) in [6, 6.07) is 7.07. The molecule has 26 heavy (non-hydrogen) atoms. The number of rotatable bonds is 6. The molecule has 2 N–H and O–H groups in total. The van der Waals surface area contributed by atoms with Crippen molar-refractivity contribution in [2.24, 2.45) is 0 Å². The van der Waals surface area contributed by atoms with Crippen molar-refractivity contribution in [2.75, 3.05) is 23.3 Å². The monoisotopic (exact) mass is 351 g/mol. The van der Waals surface area contributed by atoms with Crippen molar-refractivity contribution < 1.29 is 9.59 Å². The molecule has 1 aliphatic heterocycles. The van der Waals surface area contributed by atoms with Crippen LogP contribution >= 0.6 is 0 Å². The largest absolute Gasteiger partial charge is 0.355 e. The molecule has 0 spiro atoms. The smallest absolute Gasteiger partial charge is 0.255 e. The maximum Gasteiger partial charge on any atom is 0.255 e. The van der Waals surface area contributed by atoms with Crippen molar-refractivity contribution in [1.82, 2.24) is 15.3 Å². The average molecular weight is 351 g/mol. The SMILES string of the molecule is C=CC(=O)NCc1ccc(C(=O)Nc2cncnc2N2CCCC2)cc1.